The SMILES string of the molecule is CC1(C2(N)C=NN=N2)C=CN=N1. The fourth-order valence-electron chi connectivity index (χ4n) is 1.05. The van der Waals surface area contributed by atoms with E-state index in [1.165, 1.54) is 6.21 Å². The summed E-state index contributed by atoms with van der Waals surface area (Å²) in [7, 11) is 0. The van der Waals surface area contributed by atoms with Gasteiger partial charge in [-0.25, -0.2) is 0 Å². The fourth-order valence-corrected chi connectivity index (χ4v) is 1.05. The Morgan fingerprint density at radius 2 is 2.17 bits per heavy atom. The second-order valence-electron chi connectivity index (χ2n) is 2.94. The molecule has 0 saturated heterocycles. The topological polar surface area (TPSA) is 87.8 Å². The summed E-state index contributed by atoms with van der Waals surface area (Å²) in [6.07, 6.45) is 4.85. The Labute approximate surface area is 69.0 Å². The first-order valence-corrected chi connectivity index (χ1v) is 3.51. The number of hydrogen-bond donors (Lipinski definition) is 1. The summed E-state index contributed by atoms with van der Waals surface area (Å²) in [5.74, 6) is 0. The van der Waals surface area contributed by atoms with Gasteiger partial charge in [-0.3, -0.25) is 5.73 Å². The molecule has 2 N–H and O–H groups in total. The van der Waals surface area contributed by atoms with Crippen LogP contribution in [0.3, 0.4) is 0 Å². The van der Waals surface area contributed by atoms with Crippen molar-refractivity contribution in [1.82, 2.24) is 0 Å². The maximum absolute atomic E-state index is 5.88. The highest BCUT2D eigenvalue weighted by Crippen LogP contribution is 2.31. The molecule has 62 valence electrons. The van der Waals surface area contributed by atoms with Crippen molar-refractivity contribution >= 4 is 6.21 Å². The summed E-state index contributed by atoms with van der Waals surface area (Å²) in [4.78, 5) is 0. The van der Waals surface area contributed by atoms with Crippen molar-refractivity contribution in [3.05, 3.63) is 12.3 Å². The molecule has 12 heavy (non-hydrogen) atoms. The number of nitrogens with zero attached hydrogens (tertiary/aromatic N) is 5. The molecule has 0 amide bonds. The van der Waals surface area contributed by atoms with Crippen molar-refractivity contribution in [3.63, 3.8) is 0 Å². The fraction of sp³-hybridized carbons (Fsp3) is 0.500. The van der Waals surface area contributed by atoms with E-state index in [1.807, 2.05) is 6.92 Å². The van der Waals surface area contributed by atoms with Crippen LogP contribution in [0.4, 0.5) is 0 Å². The molecule has 2 atom stereocenters. The van der Waals surface area contributed by atoms with Gasteiger partial charge in [0.1, 0.15) is 5.54 Å². The van der Waals surface area contributed by atoms with E-state index in [4.69, 9.17) is 5.73 Å². The number of hydrogen-bond acceptors (Lipinski definition) is 6. The molecule has 0 radical (unpaired) electrons. The average Bonchev–Trinajstić information content (AvgIpc) is 2.60. The molecule has 0 aromatic carbocycles. The molecule has 2 heterocycles. The van der Waals surface area contributed by atoms with Gasteiger partial charge in [-0.2, -0.15) is 10.2 Å². The number of azo groups is 1. The quantitative estimate of drug-likeness (QED) is 0.611. The van der Waals surface area contributed by atoms with Crippen LogP contribution in [0.15, 0.2) is 37.9 Å². The minimum Gasteiger partial charge on any atom is -0.298 e. The van der Waals surface area contributed by atoms with E-state index in [0.717, 1.165) is 0 Å². The van der Waals surface area contributed by atoms with Gasteiger partial charge in [0, 0.05) is 6.20 Å². The molecule has 0 aliphatic carbocycles. The second-order valence-corrected chi connectivity index (χ2v) is 2.94. The van der Waals surface area contributed by atoms with Gasteiger partial charge in [-0.05, 0) is 18.2 Å². The van der Waals surface area contributed by atoms with E-state index >= 15 is 0 Å². The molecule has 6 nitrogen and oxygen atoms in total. The van der Waals surface area contributed by atoms with Crippen molar-refractivity contribution < 1.29 is 0 Å². The van der Waals surface area contributed by atoms with Crippen LogP contribution in [-0.4, -0.2) is 17.4 Å². The zero-order valence-corrected chi connectivity index (χ0v) is 6.55. The minimum absolute atomic E-state index is 0.642. The van der Waals surface area contributed by atoms with E-state index in [2.05, 4.69) is 25.7 Å². The van der Waals surface area contributed by atoms with Gasteiger partial charge in [0.2, 0.25) is 0 Å². The minimum atomic E-state index is -0.969. The lowest BCUT2D eigenvalue weighted by Gasteiger charge is -2.28. The lowest BCUT2D eigenvalue weighted by Crippen LogP contribution is -2.55. The summed E-state index contributed by atoms with van der Waals surface area (Å²) in [5.41, 5.74) is 4.27. The van der Waals surface area contributed by atoms with Crippen LogP contribution in [0.5, 0.6) is 0 Å². The Morgan fingerprint density at radius 3 is 2.67 bits per heavy atom. The zero-order valence-electron chi connectivity index (χ0n) is 6.55. The highest BCUT2D eigenvalue weighted by atomic mass is 15.5. The Bertz CT molecular complexity index is 256. The second kappa shape index (κ2) is 2.04. The first kappa shape index (κ1) is 7.23. The largest absolute Gasteiger partial charge is 0.298 e. The summed E-state index contributed by atoms with van der Waals surface area (Å²) < 4.78 is 0. The van der Waals surface area contributed by atoms with Gasteiger partial charge < -0.3 is 0 Å². The molecular formula is C6H8N6. The molecule has 2 aliphatic rings. The molecule has 2 unspecified atom stereocenters. The van der Waals surface area contributed by atoms with Gasteiger partial charge in [0.25, 0.3) is 0 Å². The first-order chi connectivity index (χ1) is 5.66. The maximum Gasteiger partial charge on any atom is 0.199 e. The highest BCUT2D eigenvalue weighted by molar-refractivity contribution is 5.74. The van der Waals surface area contributed by atoms with E-state index in [-0.39, 0.29) is 0 Å². The van der Waals surface area contributed by atoms with Crippen molar-refractivity contribution in [2.24, 2.45) is 31.4 Å². The molecule has 0 spiro atoms. The van der Waals surface area contributed by atoms with Crippen LogP contribution in [0, 0.1) is 0 Å². The molecule has 6 heteroatoms. The molecule has 2 aliphatic heterocycles. The Kier molecular flexibility index (Phi) is 1.23. The zero-order chi connectivity index (χ0) is 8.66. The Balaban J connectivity index is 2.41. The normalized spacial score (nSPS) is 43.2. The molecule has 0 bridgehead atoms. The number of rotatable bonds is 1. The van der Waals surface area contributed by atoms with Gasteiger partial charge in [0.05, 0.1) is 6.21 Å². The third kappa shape index (κ3) is 0.751. The van der Waals surface area contributed by atoms with E-state index < -0.39 is 11.2 Å². The predicted molar refractivity (Wildman–Crippen MR) is 42.7 cm³/mol. The monoisotopic (exact) mass is 164 g/mol. The standard InChI is InChI=1S/C6H8N6/c1-5(2-3-8-10-5)6(7)4-9-12-11-6/h2-4H,7H2,1H3. The molecule has 0 saturated carbocycles. The number of nitrogens with two attached hydrogens (primary N) is 1. The van der Waals surface area contributed by atoms with Crippen LogP contribution in [0.2, 0.25) is 0 Å². The van der Waals surface area contributed by atoms with Crippen molar-refractivity contribution in [2.45, 2.75) is 18.1 Å². The summed E-state index contributed by atoms with van der Waals surface area (Å²) in [6, 6.07) is 0. The van der Waals surface area contributed by atoms with Crippen LogP contribution < -0.4 is 5.73 Å². The summed E-state index contributed by atoms with van der Waals surface area (Å²) >= 11 is 0. The van der Waals surface area contributed by atoms with Crippen LogP contribution in [0.1, 0.15) is 6.92 Å². The van der Waals surface area contributed by atoms with Gasteiger partial charge in [-0.15, -0.1) is 10.2 Å². The smallest absolute Gasteiger partial charge is 0.199 e. The van der Waals surface area contributed by atoms with Gasteiger partial charge in [0.15, 0.2) is 5.66 Å². The lowest BCUT2D eigenvalue weighted by atomic mass is 9.89. The first-order valence-electron chi connectivity index (χ1n) is 3.51. The average molecular weight is 164 g/mol. The van der Waals surface area contributed by atoms with Crippen LogP contribution in [-0.2, 0) is 0 Å². The lowest BCUT2D eigenvalue weighted by molar-refractivity contribution is 0.397. The van der Waals surface area contributed by atoms with E-state index in [9.17, 15) is 0 Å². The molecule has 2 rings (SSSR count). The maximum atomic E-state index is 5.88. The van der Waals surface area contributed by atoms with Crippen molar-refractivity contribution in [1.29, 1.82) is 0 Å². The third-order valence-electron chi connectivity index (χ3n) is 2.06. The van der Waals surface area contributed by atoms with Gasteiger partial charge >= 0.3 is 0 Å². The molecule has 0 aromatic heterocycles. The molecule has 0 fully saturated rings. The van der Waals surface area contributed by atoms with Crippen molar-refractivity contribution in [3.8, 4) is 0 Å². The molecule has 0 aromatic rings. The molecular weight excluding hydrogens is 156 g/mol. The van der Waals surface area contributed by atoms with E-state index in [1.54, 1.807) is 12.3 Å². The van der Waals surface area contributed by atoms with Crippen LogP contribution >= 0.6 is 0 Å². The summed E-state index contributed by atoms with van der Waals surface area (Å²) in [6.45, 7) is 1.83. The summed E-state index contributed by atoms with van der Waals surface area (Å²) in [5, 5.41) is 18.5. The van der Waals surface area contributed by atoms with Gasteiger partial charge in [-0.1, -0.05) is 0 Å². The predicted octanol–water partition coefficient (Wildman–Crippen LogP) is 0.831. The van der Waals surface area contributed by atoms with Crippen LogP contribution in [0.25, 0.3) is 0 Å². The van der Waals surface area contributed by atoms with Crippen molar-refractivity contribution in [2.75, 3.05) is 0 Å². The Hall–Kier alpha value is -1.43. The third-order valence-corrected chi connectivity index (χ3v) is 2.06. The Morgan fingerprint density at radius 1 is 1.33 bits per heavy atom. The highest BCUT2D eigenvalue weighted by Gasteiger charge is 2.47. The van der Waals surface area contributed by atoms with E-state index in [0.29, 0.717) is 0 Å².